The van der Waals surface area contributed by atoms with Crippen molar-refractivity contribution >= 4 is 22.5 Å². The van der Waals surface area contributed by atoms with Gasteiger partial charge in [-0.3, -0.25) is 4.79 Å². The molecule has 0 atom stereocenters. The van der Waals surface area contributed by atoms with Crippen LogP contribution in [0.3, 0.4) is 0 Å². The average Bonchev–Trinajstić information content (AvgIpc) is 3.34. The van der Waals surface area contributed by atoms with Crippen molar-refractivity contribution in [1.82, 2.24) is 20.0 Å². The largest absolute Gasteiger partial charge is 0.494 e. The predicted octanol–water partition coefficient (Wildman–Crippen LogP) is 5.67. The summed E-state index contributed by atoms with van der Waals surface area (Å²) in [7, 11) is 0. The Balaban J connectivity index is 1.29. The highest BCUT2D eigenvalue weighted by atomic mass is 32.2. The van der Waals surface area contributed by atoms with E-state index in [-0.39, 0.29) is 5.56 Å². The van der Waals surface area contributed by atoms with E-state index in [0.29, 0.717) is 40.7 Å². The van der Waals surface area contributed by atoms with Gasteiger partial charge in [0.15, 0.2) is 5.69 Å². The second kappa shape index (κ2) is 10.8. The molecule has 0 amide bonds. The zero-order valence-electron chi connectivity index (χ0n) is 20.2. The maximum Gasteiger partial charge on any atom is 0.276 e. The fourth-order valence-electron chi connectivity index (χ4n) is 4.05. The van der Waals surface area contributed by atoms with Gasteiger partial charge in [-0.05, 0) is 55.2 Å². The summed E-state index contributed by atoms with van der Waals surface area (Å²) in [4.78, 5) is 13.1. The van der Waals surface area contributed by atoms with Crippen LogP contribution in [-0.4, -0.2) is 32.3 Å². The van der Waals surface area contributed by atoms with Crippen molar-refractivity contribution in [2.75, 3.05) is 12.4 Å². The molecule has 0 bridgehead atoms. The Morgan fingerprint density at radius 2 is 1.64 bits per heavy atom. The fraction of sp³-hybridized carbons (Fsp3) is 0.214. The third-order valence-electron chi connectivity index (χ3n) is 5.63. The first kappa shape index (κ1) is 23.8. The molecule has 3 aromatic carbocycles. The van der Waals surface area contributed by atoms with Gasteiger partial charge in [0.2, 0.25) is 0 Å². The topological polar surface area (TPSA) is 83.0 Å². The van der Waals surface area contributed by atoms with Crippen LogP contribution >= 0.6 is 11.8 Å². The summed E-state index contributed by atoms with van der Waals surface area (Å²) >= 11 is 1.48. The minimum Gasteiger partial charge on any atom is -0.494 e. The molecule has 0 saturated carbocycles. The van der Waals surface area contributed by atoms with E-state index in [0.717, 1.165) is 23.5 Å². The minimum atomic E-state index is -0.156. The highest BCUT2D eigenvalue weighted by molar-refractivity contribution is 7.99. The highest BCUT2D eigenvalue weighted by Gasteiger charge is 2.18. The Morgan fingerprint density at radius 3 is 2.42 bits per heavy atom. The van der Waals surface area contributed by atoms with Crippen molar-refractivity contribution in [2.45, 2.75) is 32.0 Å². The molecule has 36 heavy (non-hydrogen) atoms. The van der Waals surface area contributed by atoms with Crippen LogP contribution in [0.5, 0.6) is 5.75 Å². The SMILES string of the molecule is Cc1cc(C)cc(OCCCSc2nnc(-c3nn(Cc4ccccc4)c(=O)c4ccccc34)o2)c1. The van der Waals surface area contributed by atoms with Crippen LogP contribution in [0.4, 0.5) is 0 Å². The number of rotatable bonds is 9. The molecule has 7 nitrogen and oxygen atoms in total. The maximum atomic E-state index is 13.1. The van der Waals surface area contributed by atoms with Gasteiger partial charge in [0.25, 0.3) is 16.7 Å². The highest BCUT2D eigenvalue weighted by Crippen LogP contribution is 2.27. The molecule has 0 radical (unpaired) electrons. The maximum absolute atomic E-state index is 13.1. The van der Waals surface area contributed by atoms with E-state index < -0.39 is 0 Å². The fourth-order valence-corrected chi connectivity index (χ4v) is 4.72. The molecule has 8 heteroatoms. The normalized spacial score (nSPS) is 11.2. The van der Waals surface area contributed by atoms with Gasteiger partial charge in [0.1, 0.15) is 5.75 Å². The van der Waals surface area contributed by atoms with Gasteiger partial charge in [-0.25, -0.2) is 4.68 Å². The molecule has 0 aliphatic carbocycles. The van der Waals surface area contributed by atoms with Crippen molar-refractivity contribution in [3.8, 4) is 17.3 Å². The molecule has 0 spiro atoms. The van der Waals surface area contributed by atoms with Crippen molar-refractivity contribution in [3.63, 3.8) is 0 Å². The lowest BCUT2D eigenvalue weighted by Crippen LogP contribution is -2.24. The number of nitrogens with zero attached hydrogens (tertiary/aromatic N) is 4. The van der Waals surface area contributed by atoms with Gasteiger partial charge in [0.05, 0.1) is 18.5 Å². The van der Waals surface area contributed by atoms with E-state index in [1.165, 1.54) is 27.6 Å². The van der Waals surface area contributed by atoms with Crippen LogP contribution in [0.2, 0.25) is 0 Å². The molecule has 2 aromatic heterocycles. The number of benzene rings is 3. The quantitative estimate of drug-likeness (QED) is 0.191. The molecule has 0 aliphatic rings. The zero-order chi connectivity index (χ0) is 24.9. The van der Waals surface area contributed by atoms with Crippen molar-refractivity contribution in [2.24, 2.45) is 0 Å². The lowest BCUT2D eigenvalue weighted by atomic mass is 10.1. The number of hydrogen-bond acceptors (Lipinski definition) is 7. The van der Waals surface area contributed by atoms with Gasteiger partial charge < -0.3 is 9.15 Å². The summed E-state index contributed by atoms with van der Waals surface area (Å²) in [5.41, 5.74) is 3.70. The lowest BCUT2D eigenvalue weighted by molar-refractivity contribution is 0.318. The first-order chi connectivity index (χ1) is 17.6. The van der Waals surface area contributed by atoms with Crippen molar-refractivity contribution in [1.29, 1.82) is 0 Å². The molecule has 5 rings (SSSR count). The molecule has 0 unspecified atom stereocenters. The minimum absolute atomic E-state index is 0.156. The third-order valence-corrected chi connectivity index (χ3v) is 6.53. The molecule has 0 fully saturated rings. The van der Waals surface area contributed by atoms with Crippen LogP contribution < -0.4 is 10.3 Å². The van der Waals surface area contributed by atoms with Gasteiger partial charge in [0, 0.05) is 11.1 Å². The first-order valence-corrected chi connectivity index (χ1v) is 12.8. The summed E-state index contributed by atoms with van der Waals surface area (Å²) in [5.74, 6) is 1.96. The summed E-state index contributed by atoms with van der Waals surface area (Å²) in [6, 6.07) is 23.3. The Bertz CT molecular complexity index is 1530. The predicted molar refractivity (Wildman–Crippen MR) is 142 cm³/mol. The van der Waals surface area contributed by atoms with E-state index in [1.807, 2.05) is 60.7 Å². The molecule has 0 saturated heterocycles. The zero-order valence-corrected chi connectivity index (χ0v) is 21.0. The Morgan fingerprint density at radius 1 is 0.917 bits per heavy atom. The summed E-state index contributed by atoms with van der Waals surface area (Å²) in [6.07, 6.45) is 0.832. The molecule has 5 aromatic rings. The Kier molecular flexibility index (Phi) is 7.13. The van der Waals surface area contributed by atoms with E-state index in [9.17, 15) is 4.79 Å². The summed E-state index contributed by atoms with van der Waals surface area (Å²) < 4.78 is 13.3. The van der Waals surface area contributed by atoms with Crippen molar-refractivity contribution < 1.29 is 9.15 Å². The van der Waals surface area contributed by atoms with Crippen LogP contribution in [-0.2, 0) is 6.54 Å². The summed E-state index contributed by atoms with van der Waals surface area (Å²) in [6.45, 7) is 5.09. The molecule has 0 aliphatic heterocycles. The molecular formula is C28H26N4O3S. The Labute approximate surface area is 213 Å². The van der Waals surface area contributed by atoms with Crippen LogP contribution in [0, 0.1) is 13.8 Å². The van der Waals surface area contributed by atoms with Gasteiger partial charge in [-0.15, -0.1) is 10.2 Å². The molecular weight excluding hydrogens is 472 g/mol. The number of aromatic nitrogens is 4. The van der Waals surface area contributed by atoms with E-state index in [4.69, 9.17) is 9.15 Å². The molecule has 182 valence electrons. The van der Waals surface area contributed by atoms with E-state index in [2.05, 4.69) is 35.2 Å². The average molecular weight is 499 g/mol. The standard InChI is InChI=1S/C28H26N4O3S/c1-19-15-20(2)17-22(16-19)34-13-8-14-36-28-30-29-26(35-28)25-23-11-6-7-12-24(23)27(33)32(31-25)18-21-9-4-3-5-10-21/h3-7,9-12,15-17H,8,13-14,18H2,1-2H3. The first-order valence-electron chi connectivity index (χ1n) is 11.8. The van der Waals surface area contributed by atoms with Gasteiger partial charge >= 0.3 is 0 Å². The molecule has 0 N–H and O–H groups in total. The summed E-state index contributed by atoms with van der Waals surface area (Å²) in [5, 5.41) is 14.8. The van der Waals surface area contributed by atoms with Gasteiger partial charge in [-0.1, -0.05) is 66.4 Å². The number of aryl methyl sites for hydroxylation is 2. The van der Waals surface area contributed by atoms with Crippen molar-refractivity contribution in [3.05, 3.63) is 99.8 Å². The number of hydrogen-bond donors (Lipinski definition) is 0. The third kappa shape index (κ3) is 5.49. The second-order valence-corrected chi connectivity index (χ2v) is 9.64. The number of fused-ring (bicyclic) bond motifs is 1. The van der Waals surface area contributed by atoms with E-state index in [1.54, 1.807) is 6.07 Å². The van der Waals surface area contributed by atoms with Gasteiger partial charge in [-0.2, -0.15) is 5.10 Å². The van der Waals surface area contributed by atoms with Crippen LogP contribution in [0.15, 0.2) is 87.2 Å². The van der Waals surface area contributed by atoms with Crippen LogP contribution in [0.25, 0.3) is 22.4 Å². The molecule has 2 heterocycles. The monoisotopic (exact) mass is 498 g/mol. The van der Waals surface area contributed by atoms with E-state index >= 15 is 0 Å². The Hall–Kier alpha value is -3.91. The number of ether oxygens (including phenoxy) is 1. The lowest BCUT2D eigenvalue weighted by Gasteiger charge is -2.09. The number of thioether (sulfide) groups is 1. The van der Waals surface area contributed by atoms with Crippen LogP contribution in [0.1, 0.15) is 23.1 Å². The smallest absolute Gasteiger partial charge is 0.276 e. The second-order valence-electron chi connectivity index (χ2n) is 8.59.